The second kappa shape index (κ2) is 5.44. The summed E-state index contributed by atoms with van der Waals surface area (Å²) in [4.78, 5) is 14.7. The van der Waals surface area contributed by atoms with Crippen LogP contribution < -0.4 is 15.4 Å². The highest BCUT2D eigenvalue weighted by molar-refractivity contribution is 5.78. The Morgan fingerprint density at radius 1 is 1.18 bits per heavy atom. The average molecular weight is 299 g/mol. The van der Waals surface area contributed by atoms with Crippen LogP contribution in [0.4, 0.5) is 15.9 Å². The number of nitrogen functional groups attached to an aromatic ring is 1. The zero-order chi connectivity index (χ0) is 15.7. The molecule has 0 radical (unpaired) electrons. The van der Waals surface area contributed by atoms with Crippen molar-refractivity contribution < 1.29 is 9.13 Å². The highest BCUT2D eigenvalue weighted by Gasteiger charge is 2.10. The highest BCUT2D eigenvalue weighted by atomic mass is 19.1. The van der Waals surface area contributed by atoms with Crippen molar-refractivity contribution in [1.82, 2.24) is 15.0 Å². The zero-order valence-electron chi connectivity index (χ0n) is 12.1. The third kappa shape index (κ3) is 2.60. The number of hydrogen-bond donors (Lipinski definition) is 1. The summed E-state index contributed by atoms with van der Waals surface area (Å²) in [5.74, 6) is 0.942. The van der Waals surface area contributed by atoms with Crippen molar-refractivity contribution in [2.75, 3.05) is 24.7 Å². The Morgan fingerprint density at radius 3 is 2.73 bits per heavy atom. The molecule has 1 aromatic carbocycles. The number of anilines is 2. The van der Waals surface area contributed by atoms with Crippen LogP contribution in [-0.4, -0.2) is 29.0 Å². The first-order valence-electron chi connectivity index (χ1n) is 6.56. The van der Waals surface area contributed by atoms with Gasteiger partial charge in [-0.3, -0.25) is 0 Å². The average Bonchev–Trinajstić information content (AvgIpc) is 2.50. The standard InChI is InChI=1S/C15H14FN5O/c1-21(2)13-8-19-14-12(5-6-18-15(14)20-13)22-9-3-4-11(17)10(16)7-9/h3-8H,17H2,1-2H3. The van der Waals surface area contributed by atoms with Crippen LogP contribution in [0.1, 0.15) is 0 Å². The first-order chi connectivity index (χ1) is 10.5. The largest absolute Gasteiger partial charge is 0.455 e. The number of nitrogens with zero attached hydrogens (tertiary/aromatic N) is 4. The Bertz CT molecular complexity index is 837. The van der Waals surface area contributed by atoms with Crippen LogP contribution in [0.3, 0.4) is 0 Å². The summed E-state index contributed by atoms with van der Waals surface area (Å²) in [7, 11) is 3.74. The summed E-state index contributed by atoms with van der Waals surface area (Å²) in [5.41, 5.74) is 6.48. The second-order valence-corrected chi connectivity index (χ2v) is 4.89. The van der Waals surface area contributed by atoms with E-state index in [9.17, 15) is 4.39 Å². The molecule has 0 aliphatic rings. The third-order valence-electron chi connectivity index (χ3n) is 3.06. The maximum absolute atomic E-state index is 13.5. The molecule has 7 heteroatoms. The van der Waals surface area contributed by atoms with Gasteiger partial charge in [-0.25, -0.2) is 19.3 Å². The fourth-order valence-corrected chi connectivity index (χ4v) is 1.88. The minimum absolute atomic E-state index is 0.0716. The molecule has 0 unspecified atom stereocenters. The van der Waals surface area contributed by atoms with Gasteiger partial charge in [-0.1, -0.05) is 0 Å². The molecule has 0 fully saturated rings. The molecule has 2 N–H and O–H groups in total. The van der Waals surface area contributed by atoms with Crippen LogP contribution in [0, 0.1) is 5.82 Å². The lowest BCUT2D eigenvalue weighted by atomic mass is 10.3. The number of benzene rings is 1. The summed E-state index contributed by atoms with van der Waals surface area (Å²) < 4.78 is 19.2. The Morgan fingerprint density at radius 2 is 2.00 bits per heavy atom. The predicted octanol–water partition coefficient (Wildman–Crippen LogP) is 2.60. The van der Waals surface area contributed by atoms with Crippen molar-refractivity contribution >= 4 is 22.7 Å². The molecule has 3 rings (SSSR count). The van der Waals surface area contributed by atoms with Crippen molar-refractivity contribution in [3.63, 3.8) is 0 Å². The fraction of sp³-hybridized carbons (Fsp3) is 0.133. The smallest absolute Gasteiger partial charge is 0.184 e. The van der Waals surface area contributed by atoms with Crippen LogP contribution in [0.15, 0.2) is 36.7 Å². The number of nitrogens with two attached hydrogens (primary N) is 1. The molecule has 0 amide bonds. The van der Waals surface area contributed by atoms with Gasteiger partial charge in [-0.2, -0.15) is 0 Å². The van der Waals surface area contributed by atoms with Crippen LogP contribution in [-0.2, 0) is 0 Å². The maximum Gasteiger partial charge on any atom is 0.184 e. The Balaban J connectivity index is 2.01. The van der Waals surface area contributed by atoms with Gasteiger partial charge in [-0.15, -0.1) is 0 Å². The molecule has 2 aromatic heterocycles. The van der Waals surface area contributed by atoms with Gasteiger partial charge in [0.25, 0.3) is 0 Å². The molecule has 0 aliphatic carbocycles. The highest BCUT2D eigenvalue weighted by Crippen LogP contribution is 2.28. The van der Waals surface area contributed by atoms with Crippen LogP contribution in [0.5, 0.6) is 11.5 Å². The van der Waals surface area contributed by atoms with E-state index >= 15 is 0 Å². The number of halogens is 1. The van der Waals surface area contributed by atoms with Crippen LogP contribution in [0.25, 0.3) is 11.2 Å². The molecular weight excluding hydrogens is 285 g/mol. The van der Waals surface area contributed by atoms with Crippen LogP contribution >= 0.6 is 0 Å². The van der Waals surface area contributed by atoms with Gasteiger partial charge >= 0.3 is 0 Å². The predicted molar refractivity (Wildman–Crippen MR) is 82.5 cm³/mol. The van der Waals surface area contributed by atoms with E-state index in [2.05, 4.69) is 15.0 Å². The molecule has 0 saturated carbocycles. The van der Waals surface area contributed by atoms with E-state index in [0.717, 1.165) is 0 Å². The van der Waals surface area contributed by atoms with E-state index in [0.29, 0.717) is 28.5 Å². The number of aromatic nitrogens is 3. The summed E-state index contributed by atoms with van der Waals surface area (Å²) in [6.07, 6.45) is 3.19. The van der Waals surface area contributed by atoms with E-state index in [1.165, 1.54) is 12.1 Å². The number of ether oxygens (including phenoxy) is 1. The van der Waals surface area contributed by atoms with Crippen LogP contribution in [0.2, 0.25) is 0 Å². The lowest BCUT2D eigenvalue weighted by Gasteiger charge is -2.12. The summed E-state index contributed by atoms with van der Waals surface area (Å²) in [5, 5.41) is 0. The number of rotatable bonds is 3. The Labute approximate surface area is 126 Å². The van der Waals surface area contributed by atoms with E-state index in [1.807, 2.05) is 19.0 Å². The molecule has 22 heavy (non-hydrogen) atoms. The SMILES string of the molecule is CN(C)c1cnc2c(Oc3ccc(N)c(F)c3)ccnc2n1. The topological polar surface area (TPSA) is 77.2 Å². The summed E-state index contributed by atoms with van der Waals surface area (Å²) >= 11 is 0. The number of fused-ring (bicyclic) bond motifs is 1. The van der Waals surface area contributed by atoms with Gasteiger partial charge in [0.05, 0.1) is 11.9 Å². The van der Waals surface area contributed by atoms with E-state index in [-0.39, 0.29) is 5.69 Å². The maximum atomic E-state index is 13.5. The molecule has 6 nitrogen and oxygen atoms in total. The second-order valence-electron chi connectivity index (χ2n) is 4.89. The quantitative estimate of drug-likeness (QED) is 0.749. The molecule has 0 atom stereocenters. The molecule has 0 aliphatic heterocycles. The first-order valence-corrected chi connectivity index (χ1v) is 6.56. The van der Waals surface area contributed by atoms with Gasteiger partial charge in [0.2, 0.25) is 0 Å². The van der Waals surface area contributed by atoms with Crippen molar-refractivity contribution in [2.24, 2.45) is 0 Å². The molecule has 0 spiro atoms. The van der Waals surface area contributed by atoms with Crippen molar-refractivity contribution in [2.45, 2.75) is 0 Å². The number of pyridine rings is 1. The van der Waals surface area contributed by atoms with Crippen molar-refractivity contribution in [1.29, 1.82) is 0 Å². The van der Waals surface area contributed by atoms with E-state index in [1.54, 1.807) is 24.5 Å². The summed E-state index contributed by atoms with van der Waals surface area (Å²) in [6, 6.07) is 5.92. The minimum Gasteiger partial charge on any atom is -0.455 e. The van der Waals surface area contributed by atoms with E-state index in [4.69, 9.17) is 10.5 Å². The normalized spacial score (nSPS) is 10.7. The Kier molecular flexibility index (Phi) is 3.46. The molecule has 0 bridgehead atoms. The third-order valence-corrected chi connectivity index (χ3v) is 3.06. The van der Waals surface area contributed by atoms with E-state index < -0.39 is 5.82 Å². The van der Waals surface area contributed by atoms with Gasteiger partial charge < -0.3 is 15.4 Å². The van der Waals surface area contributed by atoms with Gasteiger partial charge in [0.1, 0.15) is 17.4 Å². The summed E-state index contributed by atoms with van der Waals surface area (Å²) in [6.45, 7) is 0. The van der Waals surface area contributed by atoms with Gasteiger partial charge in [0.15, 0.2) is 16.9 Å². The lowest BCUT2D eigenvalue weighted by Crippen LogP contribution is -2.11. The van der Waals surface area contributed by atoms with Gasteiger partial charge in [-0.05, 0) is 12.1 Å². The monoisotopic (exact) mass is 299 g/mol. The number of hydrogen-bond acceptors (Lipinski definition) is 6. The minimum atomic E-state index is -0.531. The zero-order valence-corrected chi connectivity index (χ0v) is 12.1. The molecule has 0 saturated heterocycles. The first kappa shape index (κ1) is 14.0. The molecule has 2 heterocycles. The van der Waals surface area contributed by atoms with Crippen molar-refractivity contribution in [3.8, 4) is 11.5 Å². The van der Waals surface area contributed by atoms with Crippen molar-refractivity contribution in [3.05, 3.63) is 42.5 Å². The Hall–Kier alpha value is -2.96. The lowest BCUT2D eigenvalue weighted by molar-refractivity contribution is 0.481. The van der Waals surface area contributed by atoms with Gasteiger partial charge in [0, 0.05) is 32.4 Å². The molecule has 3 aromatic rings. The molecule has 112 valence electrons. The fourth-order valence-electron chi connectivity index (χ4n) is 1.88. The molecular formula is C15H14FN5O.